The number of aromatic nitrogens is 1. The van der Waals surface area contributed by atoms with E-state index in [0.717, 1.165) is 0 Å². The predicted molar refractivity (Wildman–Crippen MR) is 109 cm³/mol. The number of primary amides is 1. The summed E-state index contributed by atoms with van der Waals surface area (Å²) in [4.78, 5) is 16.7. The zero-order valence-corrected chi connectivity index (χ0v) is 18.0. The van der Waals surface area contributed by atoms with Crippen LogP contribution in [0, 0.1) is 6.92 Å². The number of benzene rings is 1. The first kappa shape index (κ1) is 22.8. The number of alkyl halides is 3. The van der Waals surface area contributed by atoms with E-state index >= 15 is 0 Å². The Morgan fingerprint density at radius 1 is 1.27 bits per heavy atom. The lowest BCUT2D eigenvalue weighted by Gasteiger charge is -2.33. The summed E-state index contributed by atoms with van der Waals surface area (Å²) < 4.78 is 47.5. The third-order valence-corrected chi connectivity index (χ3v) is 6.42. The van der Waals surface area contributed by atoms with Crippen LogP contribution in [0.5, 0.6) is 0 Å². The Balaban J connectivity index is 1.93. The van der Waals surface area contributed by atoms with Crippen molar-refractivity contribution in [3.05, 3.63) is 56.2 Å². The zero-order valence-electron chi connectivity index (χ0n) is 15.7. The topological polar surface area (TPSA) is 68.5 Å². The van der Waals surface area contributed by atoms with Gasteiger partial charge in [-0.25, -0.2) is 9.78 Å². The van der Waals surface area contributed by atoms with Crippen molar-refractivity contribution >= 4 is 46.7 Å². The predicted octanol–water partition coefficient (Wildman–Crippen LogP) is 5.66. The average Bonchev–Trinajstić information content (AvgIpc) is 3.11. The van der Waals surface area contributed by atoms with Gasteiger partial charge in [-0.2, -0.15) is 13.2 Å². The van der Waals surface area contributed by atoms with E-state index in [-0.39, 0.29) is 46.7 Å². The number of ether oxygens (including phenoxy) is 1. The van der Waals surface area contributed by atoms with Crippen LogP contribution in [0.15, 0.2) is 24.3 Å². The van der Waals surface area contributed by atoms with Gasteiger partial charge in [0.1, 0.15) is 17.8 Å². The molecule has 162 valence electrons. The van der Waals surface area contributed by atoms with Gasteiger partial charge >= 0.3 is 12.3 Å². The quantitative estimate of drug-likeness (QED) is 0.571. The fourth-order valence-electron chi connectivity index (χ4n) is 3.52. The second-order valence-corrected chi connectivity index (χ2v) is 8.22. The molecule has 0 saturated carbocycles. The minimum absolute atomic E-state index is 0.0142. The van der Waals surface area contributed by atoms with Gasteiger partial charge in [-0.3, -0.25) is 0 Å². The number of halogens is 6. The first-order valence-electron chi connectivity index (χ1n) is 8.80. The standard InChI is InChI=1S/C19H17Cl3F3N3O2/c1-10-11(8-30-17(26)29)2-3-15(27-10)28-5-4-18(9-28,19(23,24)25)12-6-13(20)16(22)14(21)7-12/h2-3,6-7H,4-5,8-9H2,1H3,(H2,26,29). The number of carbonyl (C=O) groups is 1. The lowest BCUT2D eigenvalue weighted by molar-refractivity contribution is -0.184. The number of pyridine rings is 1. The highest BCUT2D eigenvalue weighted by molar-refractivity contribution is 6.48. The number of anilines is 1. The van der Waals surface area contributed by atoms with Gasteiger partial charge in [0.25, 0.3) is 0 Å². The fraction of sp³-hybridized carbons (Fsp3) is 0.368. The molecule has 0 radical (unpaired) electrons. The number of hydrogen-bond donors (Lipinski definition) is 1. The zero-order chi connectivity index (χ0) is 22.3. The number of rotatable bonds is 4. The second kappa shape index (κ2) is 8.32. The average molecular weight is 483 g/mol. The number of aryl methyl sites for hydroxylation is 1. The Morgan fingerprint density at radius 2 is 1.90 bits per heavy atom. The Bertz CT molecular complexity index is 964. The monoisotopic (exact) mass is 481 g/mol. The highest BCUT2D eigenvalue weighted by Gasteiger charge is 2.59. The first-order valence-corrected chi connectivity index (χ1v) is 9.93. The van der Waals surface area contributed by atoms with Crippen molar-refractivity contribution in [2.24, 2.45) is 5.73 Å². The highest BCUT2D eigenvalue weighted by Crippen LogP contribution is 2.50. The second-order valence-electron chi connectivity index (χ2n) is 7.03. The summed E-state index contributed by atoms with van der Waals surface area (Å²) in [5.41, 5.74) is 3.87. The molecule has 1 aromatic heterocycles. The number of carbonyl (C=O) groups excluding carboxylic acids is 1. The third kappa shape index (κ3) is 4.26. The van der Waals surface area contributed by atoms with Crippen molar-refractivity contribution in [2.45, 2.75) is 31.5 Å². The molecule has 1 aromatic carbocycles. The van der Waals surface area contributed by atoms with Crippen LogP contribution in [0.2, 0.25) is 15.1 Å². The molecule has 2 N–H and O–H groups in total. The Labute approximate surface area is 185 Å². The van der Waals surface area contributed by atoms with Crippen LogP contribution in [0.25, 0.3) is 0 Å². The summed E-state index contributed by atoms with van der Waals surface area (Å²) >= 11 is 17.9. The molecule has 11 heteroatoms. The lowest BCUT2D eigenvalue weighted by Crippen LogP contribution is -2.45. The molecular weight excluding hydrogens is 466 g/mol. The summed E-state index contributed by atoms with van der Waals surface area (Å²) in [6.45, 7) is 1.38. The van der Waals surface area contributed by atoms with Gasteiger partial charge in [-0.1, -0.05) is 40.9 Å². The van der Waals surface area contributed by atoms with Gasteiger partial charge < -0.3 is 15.4 Å². The van der Waals surface area contributed by atoms with E-state index in [1.807, 2.05) is 0 Å². The van der Waals surface area contributed by atoms with E-state index in [4.69, 9.17) is 45.3 Å². The largest absolute Gasteiger partial charge is 0.445 e. The van der Waals surface area contributed by atoms with E-state index < -0.39 is 17.7 Å². The molecule has 0 spiro atoms. The van der Waals surface area contributed by atoms with Crippen molar-refractivity contribution in [3.63, 3.8) is 0 Å². The number of nitrogens with zero attached hydrogens (tertiary/aromatic N) is 2. The van der Waals surface area contributed by atoms with Crippen LogP contribution >= 0.6 is 34.8 Å². The van der Waals surface area contributed by atoms with Crippen LogP contribution in [0.4, 0.5) is 23.8 Å². The Hall–Kier alpha value is -1.90. The summed E-state index contributed by atoms with van der Waals surface area (Å²) in [7, 11) is 0. The molecule has 5 nitrogen and oxygen atoms in total. The molecule has 2 heterocycles. The van der Waals surface area contributed by atoms with Gasteiger partial charge in [0.05, 0.1) is 15.1 Å². The molecule has 1 aliphatic heterocycles. The maximum atomic E-state index is 14.2. The molecule has 1 fully saturated rings. The van der Waals surface area contributed by atoms with Crippen molar-refractivity contribution in [1.82, 2.24) is 4.98 Å². The van der Waals surface area contributed by atoms with Crippen LogP contribution in [0.1, 0.15) is 23.2 Å². The normalized spacial score (nSPS) is 19.2. The molecule has 1 saturated heterocycles. The lowest BCUT2D eigenvalue weighted by atomic mass is 9.79. The number of nitrogens with two attached hydrogens (primary N) is 1. The van der Waals surface area contributed by atoms with Gasteiger partial charge in [0, 0.05) is 24.3 Å². The van der Waals surface area contributed by atoms with Crippen molar-refractivity contribution in [2.75, 3.05) is 18.0 Å². The number of amides is 1. The van der Waals surface area contributed by atoms with Crippen LogP contribution in [0.3, 0.4) is 0 Å². The fourth-order valence-corrected chi connectivity index (χ4v) is 4.12. The van der Waals surface area contributed by atoms with Crippen LogP contribution < -0.4 is 10.6 Å². The van der Waals surface area contributed by atoms with E-state index in [0.29, 0.717) is 17.1 Å². The molecule has 1 atom stereocenters. The molecule has 1 unspecified atom stereocenters. The molecule has 3 rings (SSSR count). The summed E-state index contributed by atoms with van der Waals surface area (Å²) in [6.07, 6.45) is -5.67. The highest BCUT2D eigenvalue weighted by atomic mass is 35.5. The van der Waals surface area contributed by atoms with Gasteiger partial charge in [0.2, 0.25) is 0 Å². The molecule has 30 heavy (non-hydrogen) atoms. The van der Waals surface area contributed by atoms with E-state index in [1.54, 1.807) is 24.0 Å². The first-order chi connectivity index (χ1) is 13.9. The number of hydrogen-bond acceptors (Lipinski definition) is 4. The van der Waals surface area contributed by atoms with E-state index in [1.165, 1.54) is 12.1 Å². The van der Waals surface area contributed by atoms with Crippen LogP contribution in [-0.4, -0.2) is 30.3 Å². The maximum Gasteiger partial charge on any atom is 0.404 e. The summed E-state index contributed by atoms with van der Waals surface area (Å²) in [5, 5.41) is -0.0525. The molecule has 1 aliphatic rings. The Kier molecular flexibility index (Phi) is 6.32. The summed E-state index contributed by atoms with van der Waals surface area (Å²) in [5.74, 6) is 0.382. The molecular formula is C19H17Cl3F3N3O2. The van der Waals surface area contributed by atoms with Crippen molar-refractivity contribution in [3.8, 4) is 0 Å². The smallest absolute Gasteiger partial charge is 0.404 e. The SMILES string of the molecule is Cc1nc(N2CCC(c3cc(Cl)c(Cl)c(Cl)c3)(C(F)(F)F)C2)ccc1COC(N)=O. The van der Waals surface area contributed by atoms with Crippen molar-refractivity contribution < 1.29 is 22.7 Å². The molecule has 2 aromatic rings. The molecule has 0 aliphatic carbocycles. The Morgan fingerprint density at radius 3 is 2.43 bits per heavy atom. The van der Waals surface area contributed by atoms with E-state index in [2.05, 4.69) is 4.98 Å². The van der Waals surface area contributed by atoms with Crippen molar-refractivity contribution in [1.29, 1.82) is 0 Å². The van der Waals surface area contributed by atoms with Gasteiger partial charge in [0.15, 0.2) is 0 Å². The van der Waals surface area contributed by atoms with Crippen LogP contribution in [-0.2, 0) is 16.8 Å². The van der Waals surface area contributed by atoms with Gasteiger partial charge in [-0.15, -0.1) is 0 Å². The molecule has 0 bridgehead atoms. The van der Waals surface area contributed by atoms with E-state index in [9.17, 15) is 18.0 Å². The van der Waals surface area contributed by atoms with Gasteiger partial charge in [-0.05, 0) is 37.1 Å². The minimum atomic E-state index is -4.55. The third-order valence-electron chi connectivity index (χ3n) is 5.22. The maximum absolute atomic E-state index is 14.2. The molecule has 1 amide bonds. The minimum Gasteiger partial charge on any atom is -0.445 e. The summed E-state index contributed by atoms with van der Waals surface area (Å²) in [6, 6.07) is 5.66.